The lowest BCUT2D eigenvalue weighted by Gasteiger charge is -2.20. The van der Waals surface area contributed by atoms with Gasteiger partial charge in [0.25, 0.3) is 5.91 Å². The Bertz CT molecular complexity index is 543. The highest BCUT2D eigenvalue weighted by molar-refractivity contribution is 7.13. The zero-order chi connectivity index (χ0) is 15.6. The van der Waals surface area contributed by atoms with E-state index < -0.39 is 12.0 Å². The van der Waals surface area contributed by atoms with Crippen LogP contribution in [0.4, 0.5) is 0 Å². The minimum Gasteiger partial charge on any atom is -0.480 e. The largest absolute Gasteiger partial charge is 0.480 e. The molecular formula is C14H20N2O4S. The van der Waals surface area contributed by atoms with E-state index in [0.29, 0.717) is 23.5 Å². The number of thiazole rings is 1. The first kappa shape index (κ1) is 15.9. The number of carbonyl (C=O) groups excluding carboxylic acids is 1. The molecule has 0 radical (unpaired) electrons. The van der Waals surface area contributed by atoms with Crippen LogP contribution in [-0.4, -0.2) is 52.7 Å². The maximum atomic E-state index is 12.6. The number of likely N-dealkylation sites (tertiary alicyclic amines) is 1. The average molecular weight is 312 g/mol. The zero-order valence-electron chi connectivity index (χ0n) is 12.5. The van der Waals surface area contributed by atoms with E-state index in [4.69, 9.17) is 4.74 Å². The Morgan fingerprint density at radius 3 is 2.81 bits per heavy atom. The van der Waals surface area contributed by atoms with Gasteiger partial charge in [0.05, 0.1) is 16.8 Å². The highest BCUT2D eigenvalue weighted by Gasteiger charge is 2.41. The quantitative estimate of drug-likeness (QED) is 0.895. The minimum absolute atomic E-state index is 0.224. The first-order valence-corrected chi connectivity index (χ1v) is 7.82. The van der Waals surface area contributed by atoms with Gasteiger partial charge in [-0.15, -0.1) is 11.3 Å². The SMILES string of the molecule is CCCc1nc(C)c(C(=O)N2CC(OC)CC2C(=O)O)s1. The monoisotopic (exact) mass is 312 g/mol. The molecule has 1 N–H and O–H groups in total. The lowest BCUT2D eigenvalue weighted by molar-refractivity contribution is -0.141. The third kappa shape index (κ3) is 3.24. The molecule has 1 fully saturated rings. The van der Waals surface area contributed by atoms with Crippen LogP contribution >= 0.6 is 11.3 Å². The molecule has 2 unspecified atom stereocenters. The van der Waals surface area contributed by atoms with E-state index in [1.807, 2.05) is 0 Å². The molecule has 0 spiro atoms. The van der Waals surface area contributed by atoms with Gasteiger partial charge in [-0.05, 0) is 19.8 Å². The fraction of sp³-hybridized carbons (Fsp3) is 0.643. The van der Waals surface area contributed by atoms with Crippen molar-refractivity contribution >= 4 is 23.2 Å². The Kier molecular flexibility index (Phi) is 4.95. The molecule has 21 heavy (non-hydrogen) atoms. The summed E-state index contributed by atoms with van der Waals surface area (Å²) in [6.07, 6.45) is 1.91. The van der Waals surface area contributed by atoms with E-state index in [9.17, 15) is 14.7 Å². The molecule has 6 nitrogen and oxygen atoms in total. The number of aliphatic carboxylic acids is 1. The second kappa shape index (κ2) is 6.53. The lowest BCUT2D eigenvalue weighted by Crippen LogP contribution is -2.40. The summed E-state index contributed by atoms with van der Waals surface area (Å²) in [6, 6.07) is -0.821. The summed E-state index contributed by atoms with van der Waals surface area (Å²) >= 11 is 1.37. The second-order valence-corrected chi connectivity index (χ2v) is 6.26. The van der Waals surface area contributed by atoms with Crippen molar-refractivity contribution < 1.29 is 19.4 Å². The summed E-state index contributed by atoms with van der Waals surface area (Å²) in [6.45, 7) is 4.16. The molecule has 2 atom stereocenters. The third-order valence-electron chi connectivity index (χ3n) is 3.64. The van der Waals surface area contributed by atoms with E-state index in [1.165, 1.54) is 23.3 Å². The normalized spacial score (nSPS) is 21.8. The number of methoxy groups -OCH3 is 1. The van der Waals surface area contributed by atoms with Crippen LogP contribution in [-0.2, 0) is 16.0 Å². The van der Waals surface area contributed by atoms with Gasteiger partial charge in [-0.2, -0.15) is 0 Å². The number of carboxylic acids is 1. The number of carboxylic acid groups (broad SMARTS) is 1. The number of rotatable bonds is 5. The van der Waals surface area contributed by atoms with Crippen molar-refractivity contribution in [3.63, 3.8) is 0 Å². The van der Waals surface area contributed by atoms with Gasteiger partial charge >= 0.3 is 5.97 Å². The second-order valence-electron chi connectivity index (χ2n) is 5.18. The Hall–Kier alpha value is -1.47. The number of carbonyl (C=O) groups is 2. The van der Waals surface area contributed by atoms with Crippen molar-refractivity contribution in [2.75, 3.05) is 13.7 Å². The molecule has 2 heterocycles. The summed E-state index contributed by atoms with van der Waals surface area (Å²) in [5, 5.41) is 10.2. The van der Waals surface area contributed by atoms with Crippen molar-refractivity contribution in [3.05, 3.63) is 15.6 Å². The van der Waals surface area contributed by atoms with Crippen LogP contribution in [0.5, 0.6) is 0 Å². The van der Waals surface area contributed by atoms with Crippen LogP contribution in [0.2, 0.25) is 0 Å². The molecule has 1 aliphatic heterocycles. The van der Waals surface area contributed by atoms with Gasteiger partial charge in [0, 0.05) is 20.1 Å². The van der Waals surface area contributed by atoms with E-state index in [-0.39, 0.29) is 12.0 Å². The molecule has 0 aliphatic carbocycles. The van der Waals surface area contributed by atoms with Gasteiger partial charge in [-0.1, -0.05) is 6.92 Å². The lowest BCUT2D eigenvalue weighted by atomic mass is 10.2. The van der Waals surface area contributed by atoms with Crippen LogP contribution in [0.3, 0.4) is 0 Å². The Morgan fingerprint density at radius 2 is 2.24 bits per heavy atom. The molecule has 1 saturated heterocycles. The van der Waals surface area contributed by atoms with Crippen molar-refractivity contribution in [2.45, 2.75) is 45.3 Å². The molecule has 0 bridgehead atoms. The highest BCUT2D eigenvalue weighted by atomic mass is 32.1. The maximum Gasteiger partial charge on any atom is 0.326 e. The van der Waals surface area contributed by atoms with Crippen LogP contribution in [0.25, 0.3) is 0 Å². The molecule has 116 valence electrons. The molecule has 1 aromatic rings. The first-order chi connectivity index (χ1) is 9.97. The van der Waals surface area contributed by atoms with E-state index >= 15 is 0 Å². The smallest absolute Gasteiger partial charge is 0.326 e. The molecular weight excluding hydrogens is 292 g/mol. The number of ether oxygens (including phenoxy) is 1. The van der Waals surface area contributed by atoms with Gasteiger partial charge in [-0.25, -0.2) is 9.78 Å². The number of nitrogens with zero attached hydrogens (tertiary/aromatic N) is 2. The first-order valence-electron chi connectivity index (χ1n) is 7.00. The van der Waals surface area contributed by atoms with Crippen molar-refractivity contribution in [2.24, 2.45) is 0 Å². The Morgan fingerprint density at radius 1 is 1.52 bits per heavy atom. The maximum absolute atomic E-state index is 12.6. The Balaban J connectivity index is 2.23. The van der Waals surface area contributed by atoms with Crippen molar-refractivity contribution in [1.82, 2.24) is 9.88 Å². The van der Waals surface area contributed by atoms with Crippen LogP contribution < -0.4 is 0 Å². The van der Waals surface area contributed by atoms with Crippen LogP contribution in [0, 0.1) is 6.92 Å². The van der Waals surface area contributed by atoms with Gasteiger partial charge in [-0.3, -0.25) is 4.79 Å². The summed E-state index contributed by atoms with van der Waals surface area (Å²) in [7, 11) is 1.54. The van der Waals surface area contributed by atoms with E-state index in [1.54, 1.807) is 6.92 Å². The van der Waals surface area contributed by atoms with Gasteiger partial charge in [0.15, 0.2) is 0 Å². The number of amides is 1. The summed E-state index contributed by atoms with van der Waals surface area (Å²) in [5.41, 5.74) is 0.679. The predicted octanol–water partition coefficient (Wildman–Crippen LogP) is 1.72. The number of hydrogen-bond acceptors (Lipinski definition) is 5. The van der Waals surface area contributed by atoms with Gasteiger partial charge in [0.2, 0.25) is 0 Å². The van der Waals surface area contributed by atoms with Gasteiger partial charge in [0.1, 0.15) is 10.9 Å². The minimum atomic E-state index is -0.987. The molecule has 1 aromatic heterocycles. The molecule has 1 amide bonds. The molecule has 2 rings (SSSR count). The summed E-state index contributed by atoms with van der Waals surface area (Å²) < 4.78 is 5.21. The topological polar surface area (TPSA) is 79.7 Å². The van der Waals surface area contributed by atoms with Crippen molar-refractivity contribution in [3.8, 4) is 0 Å². The molecule has 0 aromatic carbocycles. The molecule has 7 heteroatoms. The Labute approximate surface area is 127 Å². The predicted molar refractivity (Wildman–Crippen MR) is 78.7 cm³/mol. The van der Waals surface area contributed by atoms with Crippen molar-refractivity contribution in [1.29, 1.82) is 0 Å². The van der Waals surface area contributed by atoms with Gasteiger partial charge < -0.3 is 14.7 Å². The number of aryl methyl sites for hydroxylation is 2. The fourth-order valence-corrected chi connectivity index (χ4v) is 3.65. The van der Waals surface area contributed by atoms with Crippen LogP contribution in [0.1, 0.15) is 40.1 Å². The summed E-state index contributed by atoms with van der Waals surface area (Å²) in [4.78, 5) is 30.3. The van der Waals surface area contributed by atoms with E-state index in [2.05, 4.69) is 11.9 Å². The standard InChI is InChI=1S/C14H20N2O4S/c1-4-5-11-15-8(2)12(21-11)13(17)16-7-9(20-3)6-10(16)14(18)19/h9-10H,4-7H2,1-3H3,(H,18,19). The third-order valence-corrected chi connectivity index (χ3v) is 4.85. The fourth-order valence-electron chi connectivity index (χ4n) is 2.53. The van der Waals surface area contributed by atoms with E-state index in [0.717, 1.165) is 17.8 Å². The number of aromatic nitrogens is 1. The molecule has 0 saturated carbocycles. The molecule has 1 aliphatic rings. The number of hydrogen-bond donors (Lipinski definition) is 1. The summed E-state index contributed by atoms with van der Waals surface area (Å²) in [5.74, 6) is -1.24. The average Bonchev–Trinajstić information content (AvgIpc) is 3.02. The van der Waals surface area contributed by atoms with Crippen LogP contribution in [0.15, 0.2) is 0 Å². The highest BCUT2D eigenvalue weighted by Crippen LogP contribution is 2.27. The zero-order valence-corrected chi connectivity index (χ0v) is 13.3.